The maximum Gasteiger partial charge on any atom is 0.134 e. The summed E-state index contributed by atoms with van der Waals surface area (Å²) in [6.07, 6.45) is 3.34. The molecule has 3 rings (SSSR count). The molecule has 0 aliphatic rings. The Hall–Kier alpha value is -2.40. The molecule has 0 unspecified atom stereocenters. The van der Waals surface area contributed by atoms with E-state index in [1.807, 2.05) is 6.07 Å². The number of benzene rings is 1. The number of nitrogens with zero attached hydrogens (tertiary/aromatic N) is 3. The van der Waals surface area contributed by atoms with E-state index in [1.165, 1.54) is 10.7 Å². The minimum absolute atomic E-state index is 0.336. The smallest absolute Gasteiger partial charge is 0.134 e. The molecule has 6 heteroatoms. The van der Waals surface area contributed by atoms with E-state index in [-0.39, 0.29) is 0 Å². The second kappa shape index (κ2) is 5.18. The van der Waals surface area contributed by atoms with Crippen molar-refractivity contribution in [1.29, 1.82) is 0 Å². The molecule has 0 saturated carbocycles. The first-order valence-electron chi connectivity index (χ1n) is 6.26. The van der Waals surface area contributed by atoms with Crippen molar-refractivity contribution in [2.75, 3.05) is 5.73 Å². The Labute approximate surface area is 126 Å². The number of aryl methyl sites for hydroxylation is 1. The predicted molar refractivity (Wildman–Crippen MR) is 81.3 cm³/mol. The van der Waals surface area contributed by atoms with Crippen molar-refractivity contribution >= 4 is 17.4 Å². The van der Waals surface area contributed by atoms with Gasteiger partial charge in [0.2, 0.25) is 0 Å². The van der Waals surface area contributed by atoms with Gasteiger partial charge >= 0.3 is 0 Å². The summed E-state index contributed by atoms with van der Waals surface area (Å²) in [6, 6.07) is 8.13. The number of nitrogen functional groups attached to an aromatic ring is 1. The number of rotatable bonds is 2. The van der Waals surface area contributed by atoms with Crippen LogP contribution in [0.3, 0.4) is 0 Å². The maximum absolute atomic E-state index is 14.2. The van der Waals surface area contributed by atoms with Gasteiger partial charge in [0, 0.05) is 35.6 Å². The van der Waals surface area contributed by atoms with Crippen LogP contribution < -0.4 is 5.73 Å². The highest BCUT2D eigenvalue weighted by Crippen LogP contribution is 2.36. The standard InChI is InChI=1S/C15H12ClFN4/c1-21-15(18)13(9-3-2-6-19-8-9)14(20-21)11-5-4-10(16)7-12(11)17/h2-8H,18H2,1H3. The molecule has 2 heterocycles. The van der Waals surface area contributed by atoms with Crippen molar-refractivity contribution in [3.05, 3.63) is 53.6 Å². The summed E-state index contributed by atoms with van der Waals surface area (Å²) in [5.41, 5.74) is 8.34. The highest BCUT2D eigenvalue weighted by molar-refractivity contribution is 6.30. The third-order valence-electron chi connectivity index (χ3n) is 3.23. The van der Waals surface area contributed by atoms with E-state index < -0.39 is 5.82 Å². The fourth-order valence-corrected chi connectivity index (χ4v) is 2.36. The van der Waals surface area contributed by atoms with Crippen molar-refractivity contribution in [2.45, 2.75) is 0 Å². The van der Waals surface area contributed by atoms with Gasteiger partial charge in [-0.05, 0) is 24.3 Å². The molecule has 0 radical (unpaired) electrons. The molecular formula is C15H12ClFN4. The Morgan fingerprint density at radius 3 is 2.76 bits per heavy atom. The van der Waals surface area contributed by atoms with Gasteiger partial charge in [-0.1, -0.05) is 17.7 Å². The number of anilines is 1. The van der Waals surface area contributed by atoms with Gasteiger partial charge < -0.3 is 5.73 Å². The topological polar surface area (TPSA) is 56.7 Å². The molecule has 0 saturated heterocycles. The molecule has 2 aromatic heterocycles. The molecule has 0 atom stereocenters. The zero-order valence-corrected chi connectivity index (χ0v) is 12.0. The lowest BCUT2D eigenvalue weighted by molar-refractivity contribution is 0.630. The lowest BCUT2D eigenvalue weighted by Crippen LogP contribution is -1.98. The highest BCUT2D eigenvalue weighted by Gasteiger charge is 2.20. The monoisotopic (exact) mass is 302 g/mol. The van der Waals surface area contributed by atoms with Gasteiger partial charge in [0.15, 0.2) is 0 Å². The quantitative estimate of drug-likeness (QED) is 0.788. The largest absolute Gasteiger partial charge is 0.383 e. The average Bonchev–Trinajstić information content (AvgIpc) is 2.75. The maximum atomic E-state index is 14.2. The number of halogens is 2. The van der Waals surface area contributed by atoms with E-state index in [2.05, 4.69) is 10.1 Å². The van der Waals surface area contributed by atoms with Crippen molar-refractivity contribution < 1.29 is 4.39 Å². The molecule has 0 aliphatic carbocycles. The van der Waals surface area contributed by atoms with Crippen LogP contribution in [0, 0.1) is 5.82 Å². The highest BCUT2D eigenvalue weighted by atomic mass is 35.5. The number of nitrogens with two attached hydrogens (primary N) is 1. The third kappa shape index (κ3) is 2.36. The van der Waals surface area contributed by atoms with Crippen LogP contribution in [0.15, 0.2) is 42.7 Å². The normalized spacial score (nSPS) is 10.8. The number of aromatic nitrogens is 3. The summed E-state index contributed by atoms with van der Waals surface area (Å²) in [5.74, 6) is 0.0121. The van der Waals surface area contributed by atoms with Crippen LogP contribution in [-0.2, 0) is 7.05 Å². The molecule has 0 fully saturated rings. The van der Waals surface area contributed by atoms with E-state index in [1.54, 1.807) is 37.6 Å². The van der Waals surface area contributed by atoms with Crippen LogP contribution in [-0.4, -0.2) is 14.8 Å². The van der Waals surface area contributed by atoms with Crippen LogP contribution >= 0.6 is 11.6 Å². The minimum atomic E-state index is -0.439. The first kappa shape index (κ1) is 13.6. The van der Waals surface area contributed by atoms with Gasteiger partial charge in [-0.2, -0.15) is 5.10 Å². The second-order valence-corrected chi connectivity index (χ2v) is 5.03. The Morgan fingerprint density at radius 1 is 1.29 bits per heavy atom. The third-order valence-corrected chi connectivity index (χ3v) is 3.46. The molecular weight excluding hydrogens is 291 g/mol. The Morgan fingerprint density at radius 2 is 2.10 bits per heavy atom. The van der Waals surface area contributed by atoms with Gasteiger partial charge in [0.05, 0.1) is 5.56 Å². The molecule has 2 N–H and O–H groups in total. The van der Waals surface area contributed by atoms with E-state index >= 15 is 0 Å². The lowest BCUT2D eigenvalue weighted by Gasteiger charge is -2.05. The Balaban J connectivity index is 2.27. The van der Waals surface area contributed by atoms with Crippen LogP contribution in [0.1, 0.15) is 0 Å². The van der Waals surface area contributed by atoms with Crippen molar-refractivity contribution in [3.8, 4) is 22.4 Å². The average molecular weight is 303 g/mol. The van der Waals surface area contributed by atoms with Crippen LogP contribution in [0.4, 0.5) is 10.2 Å². The summed E-state index contributed by atoms with van der Waals surface area (Å²) in [6.45, 7) is 0. The molecule has 1 aromatic carbocycles. The van der Waals surface area contributed by atoms with Crippen molar-refractivity contribution in [2.24, 2.45) is 7.05 Å². The molecule has 4 nitrogen and oxygen atoms in total. The molecule has 0 amide bonds. The van der Waals surface area contributed by atoms with Crippen LogP contribution in [0.25, 0.3) is 22.4 Å². The minimum Gasteiger partial charge on any atom is -0.383 e. The fourth-order valence-electron chi connectivity index (χ4n) is 2.20. The Bertz CT molecular complexity index is 799. The lowest BCUT2D eigenvalue weighted by atomic mass is 10.0. The summed E-state index contributed by atoms with van der Waals surface area (Å²) < 4.78 is 15.7. The summed E-state index contributed by atoms with van der Waals surface area (Å²) >= 11 is 5.80. The van der Waals surface area contributed by atoms with E-state index in [0.29, 0.717) is 27.7 Å². The zero-order valence-electron chi connectivity index (χ0n) is 11.2. The van der Waals surface area contributed by atoms with Crippen molar-refractivity contribution in [1.82, 2.24) is 14.8 Å². The van der Waals surface area contributed by atoms with Crippen molar-refractivity contribution in [3.63, 3.8) is 0 Å². The first-order chi connectivity index (χ1) is 10.1. The van der Waals surface area contributed by atoms with Gasteiger partial charge in [-0.3, -0.25) is 9.67 Å². The Kier molecular flexibility index (Phi) is 3.35. The van der Waals surface area contributed by atoms with Gasteiger partial charge in [0.1, 0.15) is 17.3 Å². The molecule has 3 aromatic rings. The SMILES string of the molecule is Cn1nc(-c2ccc(Cl)cc2F)c(-c2cccnc2)c1N. The van der Waals surface area contributed by atoms with E-state index in [4.69, 9.17) is 17.3 Å². The fraction of sp³-hybridized carbons (Fsp3) is 0.0667. The molecule has 0 bridgehead atoms. The summed E-state index contributed by atoms with van der Waals surface area (Å²) in [4.78, 5) is 4.08. The molecule has 0 spiro atoms. The van der Waals surface area contributed by atoms with Gasteiger partial charge in [-0.15, -0.1) is 0 Å². The second-order valence-electron chi connectivity index (χ2n) is 4.60. The number of hydrogen-bond donors (Lipinski definition) is 1. The summed E-state index contributed by atoms with van der Waals surface area (Å²) in [7, 11) is 1.71. The van der Waals surface area contributed by atoms with Gasteiger partial charge in [-0.25, -0.2) is 4.39 Å². The number of hydrogen-bond acceptors (Lipinski definition) is 3. The predicted octanol–water partition coefficient (Wildman–Crippen LogP) is 3.52. The van der Waals surface area contributed by atoms with Crippen LogP contribution in [0.2, 0.25) is 5.02 Å². The molecule has 106 valence electrons. The number of pyridine rings is 1. The zero-order chi connectivity index (χ0) is 15.0. The molecule has 21 heavy (non-hydrogen) atoms. The van der Waals surface area contributed by atoms with E-state index in [9.17, 15) is 4.39 Å². The first-order valence-corrected chi connectivity index (χ1v) is 6.64. The summed E-state index contributed by atoms with van der Waals surface area (Å²) in [5, 5.41) is 4.66. The van der Waals surface area contributed by atoms with Gasteiger partial charge in [0.25, 0.3) is 0 Å². The van der Waals surface area contributed by atoms with Crippen LogP contribution in [0.5, 0.6) is 0 Å². The van der Waals surface area contributed by atoms with E-state index in [0.717, 1.165) is 5.56 Å². The molecule has 0 aliphatic heterocycles.